The van der Waals surface area contributed by atoms with Gasteiger partial charge in [-0.1, -0.05) is 15.9 Å². The molecule has 0 aromatic carbocycles. The monoisotopic (exact) mass is 318 g/mol. The predicted octanol–water partition coefficient (Wildman–Crippen LogP) is 3.13. The molecule has 2 heterocycles. The molecule has 0 amide bonds. The molecule has 0 saturated carbocycles. The Balaban J connectivity index is 1.77. The Hall–Kier alpha value is -1.49. The third-order valence-electron chi connectivity index (χ3n) is 3.34. The molecule has 0 saturated heterocycles. The largest absolute Gasteiger partial charge is 0.364 e. The van der Waals surface area contributed by atoms with Crippen LogP contribution in [-0.2, 0) is 19.4 Å². The number of anilines is 1. The van der Waals surface area contributed by atoms with E-state index in [1.54, 1.807) is 12.5 Å². The molecule has 0 fully saturated rings. The number of halogens is 1. The van der Waals surface area contributed by atoms with E-state index in [4.69, 9.17) is 0 Å². The summed E-state index contributed by atoms with van der Waals surface area (Å²) in [6.45, 7) is 0.683. The van der Waals surface area contributed by atoms with Crippen LogP contribution in [0.3, 0.4) is 0 Å². The molecule has 19 heavy (non-hydrogen) atoms. The molecule has 4 nitrogen and oxygen atoms in total. The van der Waals surface area contributed by atoms with Crippen LogP contribution < -0.4 is 5.32 Å². The van der Waals surface area contributed by atoms with E-state index in [2.05, 4.69) is 36.2 Å². The van der Waals surface area contributed by atoms with Gasteiger partial charge in [-0.15, -0.1) is 0 Å². The van der Waals surface area contributed by atoms with Gasteiger partial charge in [-0.2, -0.15) is 0 Å². The van der Waals surface area contributed by atoms with Gasteiger partial charge in [0.05, 0.1) is 12.2 Å². The van der Waals surface area contributed by atoms with Crippen LogP contribution in [0.5, 0.6) is 0 Å². The van der Waals surface area contributed by atoms with Crippen LogP contribution in [0.4, 0.5) is 5.82 Å². The van der Waals surface area contributed by atoms with Gasteiger partial charge < -0.3 is 5.32 Å². The summed E-state index contributed by atoms with van der Waals surface area (Å²) in [6.07, 6.45) is 8.06. The number of nitrogens with one attached hydrogen (secondary N) is 1. The van der Waals surface area contributed by atoms with Crippen molar-refractivity contribution in [1.29, 1.82) is 0 Å². The lowest BCUT2D eigenvalue weighted by Crippen LogP contribution is -2.12. The fourth-order valence-electron chi connectivity index (χ4n) is 2.39. The van der Waals surface area contributed by atoms with Crippen molar-refractivity contribution in [3.63, 3.8) is 0 Å². The van der Waals surface area contributed by atoms with E-state index >= 15 is 0 Å². The third kappa shape index (κ3) is 2.92. The SMILES string of the molecule is Brc1ccnc(CNc2ncnc3c2CCCC3)c1. The summed E-state index contributed by atoms with van der Waals surface area (Å²) in [7, 11) is 0. The van der Waals surface area contributed by atoms with Crippen molar-refractivity contribution in [1.82, 2.24) is 15.0 Å². The van der Waals surface area contributed by atoms with Crippen LogP contribution in [0.25, 0.3) is 0 Å². The van der Waals surface area contributed by atoms with Gasteiger partial charge in [0.15, 0.2) is 0 Å². The zero-order chi connectivity index (χ0) is 13.1. The molecule has 98 valence electrons. The zero-order valence-electron chi connectivity index (χ0n) is 10.6. The minimum absolute atomic E-state index is 0.683. The molecule has 1 aliphatic carbocycles. The van der Waals surface area contributed by atoms with Crippen LogP contribution in [-0.4, -0.2) is 15.0 Å². The lowest BCUT2D eigenvalue weighted by Gasteiger charge is -2.17. The fraction of sp³-hybridized carbons (Fsp3) is 0.357. The summed E-state index contributed by atoms with van der Waals surface area (Å²) in [5.41, 5.74) is 3.48. The van der Waals surface area contributed by atoms with Crippen molar-refractivity contribution in [2.45, 2.75) is 32.2 Å². The van der Waals surface area contributed by atoms with E-state index in [0.29, 0.717) is 6.54 Å². The normalized spacial score (nSPS) is 13.9. The van der Waals surface area contributed by atoms with E-state index in [0.717, 1.165) is 28.8 Å². The van der Waals surface area contributed by atoms with E-state index < -0.39 is 0 Å². The average Bonchev–Trinajstić information content (AvgIpc) is 2.45. The number of nitrogens with zero attached hydrogens (tertiary/aromatic N) is 3. The van der Waals surface area contributed by atoms with E-state index in [-0.39, 0.29) is 0 Å². The minimum atomic E-state index is 0.683. The van der Waals surface area contributed by atoms with Gasteiger partial charge in [-0.25, -0.2) is 9.97 Å². The highest BCUT2D eigenvalue weighted by Crippen LogP contribution is 2.24. The van der Waals surface area contributed by atoms with Crippen molar-refractivity contribution >= 4 is 21.7 Å². The molecular formula is C14H15BrN4. The highest BCUT2D eigenvalue weighted by Gasteiger charge is 2.15. The Kier molecular flexibility index (Phi) is 3.73. The quantitative estimate of drug-likeness (QED) is 0.944. The molecule has 0 aliphatic heterocycles. The smallest absolute Gasteiger partial charge is 0.133 e. The highest BCUT2D eigenvalue weighted by molar-refractivity contribution is 9.10. The molecule has 0 bridgehead atoms. The van der Waals surface area contributed by atoms with Gasteiger partial charge in [0.25, 0.3) is 0 Å². The van der Waals surface area contributed by atoms with Crippen molar-refractivity contribution in [3.05, 3.63) is 46.1 Å². The molecule has 3 rings (SSSR count). The third-order valence-corrected chi connectivity index (χ3v) is 3.83. The Morgan fingerprint density at radius 2 is 2.05 bits per heavy atom. The second kappa shape index (κ2) is 5.65. The molecular weight excluding hydrogens is 304 g/mol. The number of pyridine rings is 1. The molecule has 1 aliphatic rings. The number of hydrogen-bond donors (Lipinski definition) is 1. The number of hydrogen-bond acceptors (Lipinski definition) is 4. The summed E-state index contributed by atoms with van der Waals surface area (Å²) < 4.78 is 1.05. The van der Waals surface area contributed by atoms with Crippen molar-refractivity contribution in [2.75, 3.05) is 5.32 Å². The number of rotatable bonds is 3. The molecule has 0 radical (unpaired) electrons. The molecule has 1 N–H and O–H groups in total. The number of aryl methyl sites for hydroxylation is 1. The Morgan fingerprint density at radius 3 is 2.95 bits per heavy atom. The standard InChI is InChI=1S/C14H15BrN4/c15-10-5-6-16-11(7-10)8-17-14-12-3-1-2-4-13(12)18-9-19-14/h5-7,9H,1-4,8H2,(H,17,18,19). The first-order valence-electron chi connectivity index (χ1n) is 6.50. The molecule has 5 heteroatoms. The van der Waals surface area contributed by atoms with Gasteiger partial charge in [-0.3, -0.25) is 4.98 Å². The topological polar surface area (TPSA) is 50.7 Å². The summed E-state index contributed by atoms with van der Waals surface area (Å²) in [5.74, 6) is 0.964. The highest BCUT2D eigenvalue weighted by atomic mass is 79.9. The lowest BCUT2D eigenvalue weighted by atomic mass is 9.96. The van der Waals surface area contributed by atoms with E-state index in [1.165, 1.54) is 24.1 Å². The van der Waals surface area contributed by atoms with Crippen LogP contribution >= 0.6 is 15.9 Å². The first-order chi connectivity index (χ1) is 9.33. The minimum Gasteiger partial charge on any atom is -0.364 e. The van der Waals surface area contributed by atoms with Crippen molar-refractivity contribution in [3.8, 4) is 0 Å². The summed E-state index contributed by atoms with van der Waals surface area (Å²) in [6, 6.07) is 3.94. The lowest BCUT2D eigenvalue weighted by molar-refractivity contribution is 0.663. The Morgan fingerprint density at radius 1 is 1.16 bits per heavy atom. The van der Waals surface area contributed by atoms with E-state index in [1.807, 2.05) is 12.1 Å². The maximum absolute atomic E-state index is 4.37. The number of fused-ring (bicyclic) bond motifs is 1. The first kappa shape index (κ1) is 12.5. The number of aromatic nitrogens is 3. The zero-order valence-corrected chi connectivity index (χ0v) is 12.2. The summed E-state index contributed by atoms with van der Waals surface area (Å²) in [5, 5.41) is 3.38. The molecule has 0 atom stereocenters. The van der Waals surface area contributed by atoms with Crippen LogP contribution in [0.1, 0.15) is 29.8 Å². The van der Waals surface area contributed by atoms with Crippen LogP contribution in [0.15, 0.2) is 29.1 Å². The Labute approximate surface area is 120 Å². The van der Waals surface area contributed by atoms with Crippen molar-refractivity contribution < 1.29 is 0 Å². The van der Waals surface area contributed by atoms with Gasteiger partial charge in [0.1, 0.15) is 12.1 Å². The summed E-state index contributed by atoms with van der Waals surface area (Å²) >= 11 is 3.46. The van der Waals surface area contributed by atoms with Gasteiger partial charge in [-0.05, 0) is 37.8 Å². The molecule has 0 unspecified atom stereocenters. The maximum atomic E-state index is 4.37. The van der Waals surface area contributed by atoms with E-state index in [9.17, 15) is 0 Å². The maximum Gasteiger partial charge on any atom is 0.133 e. The van der Waals surface area contributed by atoms with Crippen LogP contribution in [0, 0.1) is 0 Å². The summed E-state index contributed by atoms with van der Waals surface area (Å²) in [4.78, 5) is 13.1. The van der Waals surface area contributed by atoms with Crippen molar-refractivity contribution in [2.24, 2.45) is 0 Å². The fourth-order valence-corrected chi connectivity index (χ4v) is 2.78. The second-order valence-corrected chi connectivity index (χ2v) is 5.59. The first-order valence-corrected chi connectivity index (χ1v) is 7.29. The molecule has 2 aromatic rings. The molecule has 0 spiro atoms. The second-order valence-electron chi connectivity index (χ2n) is 4.67. The van der Waals surface area contributed by atoms with Gasteiger partial charge in [0.2, 0.25) is 0 Å². The Bertz CT molecular complexity index is 585. The predicted molar refractivity (Wildman–Crippen MR) is 77.9 cm³/mol. The van der Waals surface area contributed by atoms with Gasteiger partial charge in [0, 0.05) is 21.9 Å². The average molecular weight is 319 g/mol. The van der Waals surface area contributed by atoms with Gasteiger partial charge >= 0.3 is 0 Å². The van der Waals surface area contributed by atoms with Crippen LogP contribution in [0.2, 0.25) is 0 Å². The molecule has 2 aromatic heterocycles.